The zero-order valence-electron chi connectivity index (χ0n) is 12.8. The first kappa shape index (κ1) is 18.9. The fourth-order valence-electron chi connectivity index (χ4n) is 1.59. The summed E-state index contributed by atoms with van der Waals surface area (Å²) in [5.41, 5.74) is 0. The summed E-state index contributed by atoms with van der Waals surface area (Å²) in [5.74, 6) is 0. The van der Waals surface area contributed by atoms with Gasteiger partial charge < -0.3 is 25.3 Å². The van der Waals surface area contributed by atoms with Gasteiger partial charge >= 0.3 is 0 Å². The molecule has 0 heterocycles. The Morgan fingerprint density at radius 2 is 0.944 bits per heavy atom. The molecule has 0 saturated carbocycles. The molecule has 2 unspecified atom stereocenters. The third-order valence-electron chi connectivity index (χ3n) is 4.07. The second-order valence-corrected chi connectivity index (χ2v) is 15.4. The molecule has 0 amide bonds. The maximum atomic E-state index is 9.63. The van der Waals surface area contributed by atoms with Crippen LogP contribution in [0.25, 0.3) is 0 Å². The van der Waals surface area contributed by atoms with E-state index >= 15 is 0 Å². The topological polar surface area (TPSA) is 40.5 Å². The molecule has 2 N–H and O–H groups in total. The Bertz CT molecular complexity index is 248. The molecule has 2 nitrogen and oxygen atoms in total. The fraction of sp³-hybridized carbons (Fsp3) is 1.00. The van der Waals surface area contributed by atoms with Gasteiger partial charge in [-0.15, -0.1) is 0 Å². The fourth-order valence-corrected chi connectivity index (χ4v) is 6.92. The van der Waals surface area contributed by atoms with Crippen molar-refractivity contribution in [3.63, 3.8) is 0 Å². The van der Waals surface area contributed by atoms with E-state index in [1.165, 1.54) is 0 Å². The van der Waals surface area contributed by atoms with Crippen molar-refractivity contribution >= 4 is 29.4 Å². The van der Waals surface area contributed by atoms with Gasteiger partial charge in [0.15, 0.2) is 0 Å². The molecule has 0 aromatic heterocycles. The van der Waals surface area contributed by atoms with Crippen molar-refractivity contribution < 1.29 is 10.2 Å². The highest BCUT2D eigenvalue weighted by Gasteiger charge is 2.38. The molecule has 104 valence electrons. The van der Waals surface area contributed by atoms with Crippen LogP contribution in [0.5, 0.6) is 0 Å². The van der Waals surface area contributed by atoms with E-state index in [0.717, 1.165) is 12.3 Å². The number of hydrogen-bond donors (Lipinski definition) is 2. The predicted octanol–water partition coefficient (Wildman–Crippen LogP) is 2.69. The van der Waals surface area contributed by atoms with Gasteiger partial charge in [-0.1, -0.05) is 0 Å². The largest absolute Gasteiger partial charge is 0.366 e. The Kier molecular flexibility index (Phi) is 6.44. The van der Waals surface area contributed by atoms with E-state index in [2.05, 4.69) is 41.5 Å². The normalized spacial score (nSPS) is 20.3. The minimum atomic E-state index is -1.92. The van der Waals surface area contributed by atoms with E-state index in [9.17, 15) is 10.2 Å². The van der Waals surface area contributed by atoms with E-state index in [-0.39, 0.29) is 23.0 Å². The molecule has 2 atom stereocenters. The van der Waals surface area contributed by atoms with Gasteiger partial charge in [0.2, 0.25) is 0 Å². The first-order valence-corrected chi connectivity index (χ1v) is 10.8. The molecule has 0 spiro atoms. The van der Waals surface area contributed by atoms with E-state index in [1.807, 2.05) is 0 Å². The van der Waals surface area contributed by atoms with Crippen LogP contribution in [0.3, 0.4) is 0 Å². The van der Waals surface area contributed by atoms with Crippen LogP contribution in [0.15, 0.2) is 0 Å². The van der Waals surface area contributed by atoms with E-state index in [4.69, 9.17) is 15.1 Å². The molecule has 0 aliphatic rings. The molecular formula is C12H28B2O2P2. The number of aliphatic hydroxyl groups excluding tert-OH is 2. The summed E-state index contributed by atoms with van der Waals surface area (Å²) >= 11 is 0. The summed E-state index contributed by atoms with van der Waals surface area (Å²) in [6.07, 6.45) is 1.59. The van der Waals surface area contributed by atoms with Gasteiger partial charge in [-0.3, -0.25) is 0 Å². The summed E-state index contributed by atoms with van der Waals surface area (Å²) < 4.78 is 0. The van der Waals surface area contributed by atoms with Gasteiger partial charge in [-0.2, -0.15) is 0 Å². The van der Waals surface area contributed by atoms with Crippen molar-refractivity contribution in [2.24, 2.45) is 0 Å². The molecule has 6 radical (unpaired) electrons. The van der Waals surface area contributed by atoms with Gasteiger partial charge in [0.05, 0.1) is 0 Å². The van der Waals surface area contributed by atoms with Crippen LogP contribution in [0, 0.1) is 0 Å². The van der Waals surface area contributed by atoms with Crippen LogP contribution in [-0.4, -0.2) is 60.7 Å². The second kappa shape index (κ2) is 6.13. The highest BCUT2D eigenvalue weighted by Crippen LogP contribution is 2.70. The number of aliphatic hydroxyl groups is 2. The quantitative estimate of drug-likeness (QED) is 0.603. The van der Waals surface area contributed by atoms with E-state index in [1.54, 1.807) is 0 Å². The molecule has 0 saturated heterocycles. The van der Waals surface area contributed by atoms with Crippen LogP contribution in [0.4, 0.5) is 0 Å². The summed E-state index contributed by atoms with van der Waals surface area (Å²) in [5, 5.41) is 19.1. The summed E-state index contributed by atoms with van der Waals surface area (Å²) in [6.45, 7) is 12.4. The Morgan fingerprint density at radius 3 is 1.06 bits per heavy atom. The summed E-state index contributed by atoms with van der Waals surface area (Å²) in [6, 6.07) is 0. The highest BCUT2D eigenvalue weighted by molar-refractivity contribution is 8.01. The van der Waals surface area contributed by atoms with E-state index in [0.29, 0.717) is 0 Å². The lowest BCUT2D eigenvalue weighted by molar-refractivity contribution is 0.363. The smallest absolute Gasteiger partial charge is 0.107 e. The second-order valence-electron chi connectivity index (χ2n) is 7.14. The average Bonchev–Trinajstić information content (AvgIpc) is 2.22. The first-order chi connectivity index (χ1) is 7.83. The maximum absolute atomic E-state index is 9.63. The maximum Gasteiger partial charge on any atom is 0.107 e. The van der Waals surface area contributed by atoms with Crippen molar-refractivity contribution in [2.45, 2.75) is 51.9 Å². The lowest BCUT2D eigenvalue weighted by atomic mass is 10.3. The monoisotopic (exact) mass is 288 g/mol. The third kappa shape index (κ3) is 4.20. The minimum absolute atomic E-state index is 0.0477. The molecule has 0 rings (SSSR count). The van der Waals surface area contributed by atoms with Crippen LogP contribution in [0.2, 0.25) is 0 Å². The van der Waals surface area contributed by atoms with E-state index < -0.39 is 14.3 Å². The molecule has 0 fully saturated rings. The lowest BCUT2D eigenvalue weighted by Gasteiger charge is -2.52. The molecule has 6 heteroatoms. The van der Waals surface area contributed by atoms with Crippen LogP contribution < -0.4 is 0 Å². The standard InChI is InChI=1S/C12H28B2O2P2/c1-11(2,3)17(13,9-15)7-8-18(14,10-16)12(4,5)6/h15-16H,7-10H2,1-6H3. The molecule has 0 bridgehead atoms. The Morgan fingerprint density at radius 1 is 0.722 bits per heavy atom. The molecule has 0 aromatic carbocycles. The van der Waals surface area contributed by atoms with Crippen molar-refractivity contribution in [2.75, 3.05) is 25.0 Å². The van der Waals surface area contributed by atoms with Crippen molar-refractivity contribution in [3.05, 3.63) is 0 Å². The van der Waals surface area contributed by atoms with Crippen LogP contribution in [-0.2, 0) is 0 Å². The first-order valence-electron chi connectivity index (χ1n) is 6.36. The molecular weight excluding hydrogens is 260 g/mol. The SMILES string of the molecule is [B-][P+](CO)(CC[P+]([B-])(CO)C(C)(C)C)C(C)(C)C. The van der Waals surface area contributed by atoms with Gasteiger partial charge in [-0.05, 0) is 41.5 Å². The molecule has 18 heavy (non-hydrogen) atoms. The summed E-state index contributed by atoms with van der Waals surface area (Å²) in [4.78, 5) is 0. The number of hydrogen-bond acceptors (Lipinski definition) is 2. The lowest BCUT2D eigenvalue weighted by Crippen LogP contribution is -2.31. The Hall–Kier alpha value is 0.910. The van der Waals surface area contributed by atoms with Gasteiger partial charge in [0, 0.05) is 22.6 Å². The van der Waals surface area contributed by atoms with Crippen molar-refractivity contribution in [1.29, 1.82) is 0 Å². The van der Waals surface area contributed by atoms with Gasteiger partial charge in [0.1, 0.15) is 12.7 Å². The van der Waals surface area contributed by atoms with Crippen molar-refractivity contribution in [3.8, 4) is 0 Å². The highest BCUT2D eigenvalue weighted by atomic mass is 31.2. The zero-order valence-corrected chi connectivity index (χ0v) is 14.6. The third-order valence-corrected chi connectivity index (χ3v) is 12.8. The Balaban J connectivity index is 4.93. The minimum Gasteiger partial charge on any atom is -0.366 e. The van der Waals surface area contributed by atoms with Gasteiger partial charge in [-0.25, -0.2) is 14.3 Å². The Labute approximate surface area is 117 Å². The predicted molar refractivity (Wildman–Crippen MR) is 88.8 cm³/mol. The molecule has 0 aliphatic carbocycles. The van der Waals surface area contributed by atoms with Crippen LogP contribution in [0.1, 0.15) is 41.5 Å². The summed E-state index contributed by atoms with van der Waals surface area (Å²) in [7, 11) is 9.00. The van der Waals surface area contributed by atoms with Gasteiger partial charge in [0.25, 0.3) is 0 Å². The van der Waals surface area contributed by atoms with Crippen molar-refractivity contribution in [1.82, 2.24) is 0 Å². The van der Waals surface area contributed by atoms with Crippen LogP contribution >= 0.6 is 14.3 Å². The number of rotatable bonds is 5. The molecule has 0 aliphatic heterocycles. The average molecular weight is 288 g/mol. The zero-order chi connectivity index (χ0) is 14.8. The molecule has 0 aromatic rings.